The maximum absolute atomic E-state index is 11.1. The number of piperazine rings is 1. The first kappa shape index (κ1) is 18.3. The highest BCUT2D eigenvalue weighted by atomic mass is 16.4. The summed E-state index contributed by atoms with van der Waals surface area (Å²) in [7, 11) is 0. The van der Waals surface area contributed by atoms with Crippen LogP contribution in [0.5, 0.6) is 0 Å². The van der Waals surface area contributed by atoms with E-state index < -0.39 is 6.09 Å². The number of rotatable bonds is 7. The standard InChI is InChI=1S/C19H29N3O2/c1-16(2)22(19(23)24)11-5-4-10-20-12-14-21(15-13-20)18-8-6-17(3)7-9-18/h6-9H,1,4-5,10-15H2,2-3H3,(H,23,24). The fourth-order valence-corrected chi connectivity index (χ4v) is 3.04. The van der Waals surface area contributed by atoms with E-state index >= 15 is 0 Å². The lowest BCUT2D eigenvalue weighted by Gasteiger charge is -2.36. The predicted octanol–water partition coefficient (Wildman–Crippen LogP) is 3.41. The summed E-state index contributed by atoms with van der Waals surface area (Å²) in [5, 5.41) is 9.10. The molecule has 0 bridgehead atoms. The van der Waals surface area contributed by atoms with Crippen molar-refractivity contribution >= 4 is 11.8 Å². The van der Waals surface area contributed by atoms with E-state index in [-0.39, 0.29) is 0 Å². The van der Waals surface area contributed by atoms with Crippen LogP contribution in [-0.4, -0.2) is 60.3 Å². The van der Waals surface area contributed by atoms with Crippen LogP contribution in [0.15, 0.2) is 36.5 Å². The maximum Gasteiger partial charge on any atom is 0.411 e. The zero-order chi connectivity index (χ0) is 17.5. The van der Waals surface area contributed by atoms with E-state index in [2.05, 4.69) is 47.6 Å². The molecule has 5 nitrogen and oxygen atoms in total. The molecule has 0 atom stereocenters. The van der Waals surface area contributed by atoms with E-state index in [1.165, 1.54) is 16.2 Å². The molecule has 1 saturated heterocycles. The van der Waals surface area contributed by atoms with Gasteiger partial charge in [0.2, 0.25) is 0 Å². The summed E-state index contributed by atoms with van der Waals surface area (Å²) in [5.41, 5.74) is 3.19. The van der Waals surface area contributed by atoms with Crippen molar-refractivity contribution in [1.29, 1.82) is 0 Å². The van der Waals surface area contributed by atoms with Gasteiger partial charge in [-0.05, 0) is 45.4 Å². The zero-order valence-electron chi connectivity index (χ0n) is 14.9. The van der Waals surface area contributed by atoms with Crippen LogP contribution in [0.1, 0.15) is 25.3 Å². The number of benzene rings is 1. The maximum atomic E-state index is 11.1. The van der Waals surface area contributed by atoms with Crippen LogP contribution in [0.4, 0.5) is 10.5 Å². The van der Waals surface area contributed by atoms with Gasteiger partial charge in [0.1, 0.15) is 0 Å². The van der Waals surface area contributed by atoms with Crippen molar-refractivity contribution in [2.75, 3.05) is 44.2 Å². The van der Waals surface area contributed by atoms with Gasteiger partial charge in [-0.1, -0.05) is 24.3 Å². The third-order valence-electron chi connectivity index (χ3n) is 4.57. The van der Waals surface area contributed by atoms with E-state index in [0.717, 1.165) is 45.6 Å². The molecule has 2 rings (SSSR count). The number of allylic oxidation sites excluding steroid dienone is 1. The first-order valence-electron chi connectivity index (χ1n) is 8.67. The van der Waals surface area contributed by atoms with Gasteiger partial charge >= 0.3 is 6.09 Å². The molecule has 24 heavy (non-hydrogen) atoms. The van der Waals surface area contributed by atoms with Crippen molar-refractivity contribution in [2.24, 2.45) is 0 Å². The molecule has 0 radical (unpaired) electrons. The topological polar surface area (TPSA) is 47.0 Å². The van der Waals surface area contributed by atoms with Crippen molar-refractivity contribution in [1.82, 2.24) is 9.80 Å². The summed E-state index contributed by atoms with van der Waals surface area (Å²) in [5.74, 6) is 0. The summed E-state index contributed by atoms with van der Waals surface area (Å²) < 4.78 is 0. The molecule has 1 aliphatic rings. The smallest absolute Gasteiger partial charge is 0.411 e. The average molecular weight is 331 g/mol. The Hall–Kier alpha value is -2.01. The number of unbranched alkanes of at least 4 members (excludes halogenated alkanes) is 1. The summed E-state index contributed by atoms with van der Waals surface area (Å²) in [4.78, 5) is 17.3. The number of carbonyl (C=O) groups is 1. The quantitative estimate of drug-likeness (QED) is 0.778. The Morgan fingerprint density at radius 3 is 2.33 bits per heavy atom. The van der Waals surface area contributed by atoms with Crippen LogP contribution in [-0.2, 0) is 0 Å². The number of carboxylic acid groups (broad SMARTS) is 1. The number of anilines is 1. The van der Waals surface area contributed by atoms with Crippen LogP contribution in [0.25, 0.3) is 0 Å². The van der Waals surface area contributed by atoms with Crippen LogP contribution in [0.2, 0.25) is 0 Å². The van der Waals surface area contributed by atoms with E-state index in [0.29, 0.717) is 12.2 Å². The van der Waals surface area contributed by atoms with Crippen molar-refractivity contribution in [3.8, 4) is 0 Å². The van der Waals surface area contributed by atoms with Gasteiger partial charge in [0, 0.05) is 44.1 Å². The van der Waals surface area contributed by atoms with Gasteiger partial charge in [0.15, 0.2) is 0 Å². The summed E-state index contributed by atoms with van der Waals surface area (Å²) in [6, 6.07) is 8.72. The lowest BCUT2D eigenvalue weighted by molar-refractivity contribution is 0.157. The Kier molecular flexibility index (Phi) is 6.67. The highest BCUT2D eigenvalue weighted by Gasteiger charge is 2.17. The Bertz CT molecular complexity index is 534. The first-order chi connectivity index (χ1) is 11.5. The largest absolute Gasteiger partial charge is 0.465 e. The van der Waals surface area contributed by atoms with Crippen molar-refractivity contribution in [3.05, 3.63) is 42.1 Å². The zero-order valence-corrected chi connectivity index (χ0v) is 14.9. The predicted molar refractivity (Wildman–Crippen MR) is 98.6 cm³/mol. The second-order valence-electron chi connectivity index (χ2n) is 6.54. The minimum Gasteiger partial charge on any atom is -0.465 e. The van der Waals surface area contributed by atoms with Gasteiger partial charge in [-0.2, -0.15) is 0 Å². The summed E-state index contributed by atoms with van der Waals surface area (Å²) in [6.45, 7) is 13.4. The van der Waals surface area contributed by atoms with Crippen molar-refractivity contribution < 1.29 is 9.90 Å². The molecule has 132 valence electrons. The third-order valence-corrected chi connectivity index (χ3v) is 4.57. The van der Waals surface area contributed by atoms with Gasteiger partial charge in [-0.15, -0.1) is 0 Å². The number of aryl methyl sites for hydroxylation is 1. The molecular weight excluding hydrogens is 302 g/mol. The average Bonchev–Trinajstić information content (AvgIpc) is 2.55. The Morgan fingerprint density at radius 1 is 1.17 bits per heavy atom. The third kappa shape index (κ3) is 5.27. The number of hydrogen-bond acceptors (Lipinski definition) is 3. The molecule has 1 heterocycles. The van der Waals surface area contributed by atoms with Crippen LogP contribution in [0, 0.1) is 6.92 Å². The first-order valence-corrected chi connectivity index (χ1v) is 8.67. The second kappa shape index (κ2) is 8.73. The molecule has 5 heteroatoms. The molecule has 1 aliphatic heterocycles. The molecule has 1 fully saturated rings. The lowest BCUT2D eigenvalue weighted by Crippen LogP contribution is -2.46. The van der Waals surface area contributed by atoms with E-state index in [1.807, 2.05) is 0 Å². The molecule has 0 aliphatic carbocycles. The molecule has 0 saturated carbocycles. The van der Waals surface area contributed by atoms with Gasteiger partial charge < -0.3 is 10.0 Å². The summed E-state index contributed by atoms with van der Waals surface area (Å²) >= 11 is 0. The minimum atomic E-state index is -0.908. The highest BCUT2D eigenvalue weighted by molar-refractivity contribution is 5.67. The number of hydrogen-bond donors (Lipinski definition) is 1. The molecule has 0 spiro atoms. The van der Waals surface area contributed by atoms with Gasteiger partial charge in [0.25, 0.3) is 0 Å². The van der Waals surface area contributed by atoms with Crippen LogP contribution < -0.4 is 4.90 Å². The lowest BCUT2D eigenvalue weighted by atomic mass is 10.2. The minimum absolute atomic E-state index is 0.536. The fraction of sp³-hybridized carbons (Fsp3) is 0.526. The highest BCUT2D eigenvalue weighted by Crippen LogP contribution is 2.17. The second-order valence-corrected chi connectivity index (χ2v) is 6.54. The van der Waals surface area contributed by atoms with Crippen molar-refractivity contribution in [3.63, 3.8) is 0 Å². The number of amides is 1. The van der Waals surface area contributed by atoms with Crippen molar-refractivity contribution in [2.45, 2.75) is 26.7 Å². The van der Waals surface area contributed by atoms with E-state index in [4.69, 9.17) is 5.11 Å². The monoisotopic (exact) mass is 331 g/mol. The molecule has 1 N–H and O–H groups in total. The molecule has 1 aromatic carbocycles. The van der Waals surface area contributed by atoms with Gasteiger partial charge in [-0.3, -0.25) is 9.80 Å². The Balaban J connectivity index is 1.67. The van der Waals surface area contributed by atoms with Gasteiger partial charge in [0.05, 0.1) is 0 Å². The summed E-state index contributed by atoms with van der Waals surface area (Å²) in [6.07, 6.45) is 0.980. The molecule has 1 amide bonds. The van der Waals surface area contributed by atoms with Crippen LogP contribution in [0.3, 0.4) is 0 Å². The molecule has 0 aromatic heterocycles. The van der Waals surface area contributed by atoms with Gasteiger partial charge in [-0.25, -0.2) is 4.79 Å². The SMILES string of the molecule is C=C(C)N(CCCCN1CCN(c2ccc(C)cc2)CC1)C(=O)O. The Labute approximate surface area is 145 Å². The fourth-order valence-electron chi connectivity index (χ4n) is 3.04. The molecule has 0 unspecified atom stereocenters. The van der Waals surface area contributed by atoms with E-state index in [1.54, 1.807) is 6.92 Å². The molecule has 1 aromatic rings. The Morgan fingerprint density at radius 2 is 1.79 bits per heavy atom. The van der Waals surface area contributed by atoms with E-state index in [9.17, 15) is 4.79 Å². The normalized spacial score (nSPS) is 15.3. The number of nitrogens with zero attached hydrogens (tertiary/aromatic N) is 3. The molecular formula is C19H29N3O2. The van der Waals surface area contributed by atoms with Crippen LogP contribution >= 0.6 is 0 Å².